The van der Waals surface area contributed by atoms with Crippen LogP contribution in [0.5, 0.6) is 0 Å². The Bertz CT molecular complexity index is 387. The van der Waals surface area contributed by atoms with E-state index in [1.54, 1.807) is 12.3 Å². The molecule has 1 saturated heterocycles. The molecule has 92 valence electrons. The normalized spacial score (nSPS) is 16.9. The first-order chi connectivity index (χ1) is 8.15. The first-order valence-electron chi connectivity index (χ1n) is 5.51. The highest BCUT2D eigenvalue weighted by molar-refractivity contribution is 9.10. The molecule has 0 atom stereocenters. The average Bonchev–Trinajstić information content (AvgIpc) is 2.33. The van der Waals surface area contributed by atoms with Gasteiger partial charge in [0.25, 0.3) is 0 Å². The number of hydrogen-bond acceptors (Lipinski definition) is 3. The van der Waals surface area contributed by atoms with Crippen LogP contribution in [-0.4, -0.2) is 54.0 Å². The van der Waals surface area contributed by atoms with Crippen LogP contribution in [0.3, 0.4) is 0 Å². The lowest BCUT2D eigenvalue weighted by Gasteiger charge is -2.32. The Hall–Kier alpha value is -1.14. The molecule has 0 bridgehead atoms. The van der Waals surface area contributed by atoms with Crippen molar-refractivity contribution in [2.24, 2.45) is 0 Å². The second-order valence-electron chi connectivity index (χ2n) is 4.08. The van der Waals surface area contributed by atoms with Crippen LogP contribution in [0.1, 0.15) is 0 Å². The van der Waals surface area contributed by atoms with Crippen molar-refractivity contribution in [3.63, 3.8) is 0 Å². The number of rotatable bonds is 1. The third kappa shape index (κ3) is 3.41. The zero-order valence-electron chi connectivity index (χ0n) is 9.69. The molecule has 0 aliphatic carbocycles. The Kier molecular flexibility index (Phi) is 3.96. The summed E-state index contributed by atoms with van der Waals surface area (Å²) < 4.78 is 0.898. The van der Waals surface area contributed by atoms with Crippen molar-refractivity contribution in [2.45, 2.75) is 0 Å². The zero-order valence-corrected chi connectivity index (χ0v) is 11.3. The van der Waals surface area contributed by atoms with Crippen molar-refractivity contribution < 1.29 is 4.79 Å². The predicted molar refractivity (Wildman–Crippen MR) is 70.0 cm³/mol. The molecule has 1 aliphatic heterocycles. The first kappa shape index (κ1) is 12.3. The van der Waals surface area contributed by atoms with E-state index in [0.717, 1.165) is 30.7 Å². The molecule has 0 radical (unpaired) electrons. The number of halogens is 1. The average molecular weight is 299 g/mol. The molecule has 6 heteroatoms. The van der Waals surface area contributed by atoms with Crippen LogP contribution in [0, 0.1) is 0 Å². The van der Waals surface area contributed by atoms with E-state index in [1.807, 2.05) is 11.0 Å². The van der Waals surface area contributed by atoms with Gasteiger partial charge in [-0.2, -0.15) is 0 Å². The molecule has 0 unspecified atom stereocenters. The lowest BCUT2D eigenvalue weighted by atomic mass is 10.3. The third-order valence-electron chi connectivity index (χ3n) is 2.75. The summed E-state index contributed by atoms with van der Waals surface area (Å²) in [5.41, 5.74) is 0. The van der Waals surface area contributed by atoms with Crippen LogP contribution in [0.4, 0.5) is 10.6 Å². The molecule has 0 aromatic carbocycles. The highest BCUT2D eigenvalue weighted by atomic mass is 79.9. The van der Waals surface area contributed by atoms with Crippen molar-refractivity contribution in [1.82, 2.24) is 14.8 Å². The summed E-state index contributed by atoms with van der Waals surface area (Å²) in [6.07, 6.45) is 1.67. The monoisotopic (exact) mass is 298 g/mol. The Morgan fingerprint density at radius 1 is 1.35 bits per heavy atom. The van der Waals surface area contributed by atoms with Crippen LogP contribution in [0.15, 0.2) is 22.8 Å². The van der Waals surface area contributed by atoms with E-state index in [2.05, 4.69) is 38.2 Å². The largest absolute Gasteiger partial charge is 0.323 e. The van der Waals surface area contributed by atoms with Crippen molar-refractivity contribution >= 4 is 27.8 Å². The highest BCUT2D eigenvalue weighted by Gasteiger charge is 2.18. The number of aromatic nitrogens is 1. The summed E-state index contributed by atoms with van der Waals surface area (Å²) in [5.74, 6) is 0.581. The van der Waals surface area contributed by atoms with Crippen LogP contribution in [-0.2, 0) is 0 Å². The minimum atomic E-state index is -0.0760. The molecule has 1 aromatic rings. The molecule has 1 N–H and O–H groups in total. The van der Waals surface area contributed by atoms with Gasteiger partial charge < -0.3 is 9.80 Å². The lowest BCUT2D eigenvalue weighted by Crippen LogP contribution is -2.48. The molecule has 2 amide bonds. The number of likely N-dealkylation sites (N-methyl/N-ethyl adjacent to an activating group) is 1. The van der Waals surface area contributed by atoms with Crippen molar-refractivity contribution in [2.75, 3.05) is 38.5 Å². The van der Waals surface area contributed by atoms with Gasteiger partial charge in [0.15, 0.2) is 0 Å². The second-order valence-corrected chi connectivity index (χ2v) is 5.00. The molecule has 1 aliphatic rings. The molecule has 2 heterocycles. The molecule has 17 heavy (non-hydrogen) atoms. The number of carbonyl (C=O) groups excluding carboxylic acids is 1. The predicted octanol–water partition coefficient (Wildman–Crippen LogP) is 1.62. The van der Waals surface area contributed by atoms with Gasteiger partial charge in [-0.25, -0.2) is 9.78 Å². The van der Waals surface area contributed by atoms with Crippen molar-refractivity contribution in [3.8, 4) is 0 Å². The van der Waals surface area contributed by atoms with E-state index in [-0.39, 0.29) is 6.03 Å². The summed E-state index contributed by atoms with van der Waals surface area (Å²) in [4.78, 5) is 20.0. The number of nitrogens with one attached hydrogen (secondary N) is 1. The number of urea groups is 1. The Labute approximate surface area is 109 Å². The van der Waals surface area contributed by atoms with Gasteiger partial charge >= 0.3 is 6.03 Å². The van der Waals surface area contributed by atoms with E-state index in [9.17, 15) is 4.79 Å². The molecule has 0 spiro atoms. The number of carbonyl (C=O) groups is 1. The quantitative estimate of drug-likeness (QED) is 0.857. The fourth-order valence-corrected chi connectivity index (χ4v) is 1.88. The van der Waals surface area contributed by atoms with Crippen LogP contribution < -0.4 is 5.32 Å². The molecule has 5 nitrogen and oxygen atoms in total. The maximum absolute atomic E-state index is 11.9. The van der Waals surface area contributed by atoms with Crippen molar-refractivity contribution in [3.05, 3.63) is 22.8 Å². The van der Waals surface area contributed by atoms with Gasteiger partial charge in [0.05, 0.1) is 0 Å². The van der Waals surface area contributed by atoms with Gasteiger partial charge in [-0.3, -0.25) is 5.32 Å². The van der Waals surface area contributed by atoms with Gasteiger partial charge in [0.2, 0.25) is 0 Å². The minimum absolute atomic E-state index is 0.0760. The van der Waals surface area contributed by atoms with E-state index < -0.39 is 0 Å². The van der Waals surface area contributed by atoms with E-state index >= 15 is 0 Å². The smallest absolute Gasteiger partial charge is 0.322 e. The minimum Gasteiger partial charge on any atom is -0.322 e. The summed E-state index contributed by atoms with van der Waals surface area (Å²) in [7, 11) is 2.06. The maximum Gasteiger partial charge on any atom is 0.323 e. The second kappa shape index (κ2) is 5.46. The van der Waals surface area contributed by atoms with E-state index in [4.69, 9.17) is 0 Å². The first-order valence-corrected chi connectivity index (χ1v) is 6.30. The van der Waals surface area contributed by atoms with Crippen LogP contribution in [0.25, 0.3) is 0 Å². The number of pyridine rings is 1. The maximum atomic E-state index is 11.9. The number of amides is 2. The zero-order chi connectivity index (χ0) is 12.3. The van der Waals surface area contributed by atoms with Gasteiger partial charge in [-0.05, 0) is 35.1 Å². The standard InChI is InChI=1S/C11H15BrN4O/c1-15-4-6-16(7-5-15)11(17)14-10-3-2-9(12)8-13-10/h2-3,8H,4-7H2,1H3,(H,13,14,17). The Morgan fingerprint density at radius 2 is 2.06 bits per heavy atom. The topological polar surface area (TPSA) is 48.5 Å². The Morgan fingerprint density at radius 3 is 2.65 bits per heavy atom. The summed E-state index contributed by atoms with van der Waals surface area (Å²) in [5, 5.41) is 2.79. The van der Waals surface area contributed by atoms with E-state index in [0.29, 0.717) is 5.82 Å². The number of piperazine rings is 1. The lowest BCUT2D eigenvalue weighted by molar-refractivity contribution is 0.164. The number of anilines is 1. The van der Waals surface area contributed by atoms with Gasteiger partial charge in [-0.1, -0.05) is 0 Å². The fourth-order valence-electron chi connectivity index (χ4n) is 1.65. The van der Waals surface area contributed by atoms with E-state index in [1.165, 1.54) is 0 Å². The van der Waals surface area contributed by atoms with Gasteiger partial charge in [0, 0.05) is 36.8 Å². The molecule has 1 aromatic heterocycles. The molecule has 2 rings (SSSR count). The van der Waals surface area contributed by atoms with Crippen LogP contribution >= 0.6 is 15.9 Å². The molecule has 0 saturated carbocycles. The number of nitrogens with zero attached hydrogens (tertiary/aromatic N) is 3. The molecule has 1 fully saturated rings. The summed E-state index contributed by atoms with van der Waals surface area (Å²) in [6, 6.07) is 3.55. The fraction of sp³-hybridized carbons (Fsp3) is 0.455. The third-order valence-corrected chi connectivity index (χ3v) is 3.22. The van der Waals surface area contributed by atoms with Gasteiger partial charge in [-0.15, -0.1) is 0 Å². The Balaban J connectivity index is 1.90. The number of hydrogen-bond donors (Lipinski definition) is 1. The SMILES string of the molecule is CN1CCN(C(=O)Nc2ccc(Br)cn2)CC1. The highest BCUT2D eigenvalue weighted by Crippen LogP contribution is 2.11. The summed E-state index contributed by atoms with van der Waals surface area (Å²) in [6.45, 7) is 3.36. The van der Waals surface area contributed by atoms with Gasteiger partial charge in [0.1, 0.15) is 5.82 Å². The molecular weight excluding hydrogens is 284 g/mol. The summed E-state index contributed by atoms with van der Waals surface area (Å²) >= 11 is 3.30. The van der Waals surface area contributed by atoms with Crippen LogP contribution in [0.2, 0.25) is 0 Å². The van der Waals surface area contributed by atoms with Crippen molar-refractivity contribution in [1.29, 1.82) is 0 Å². The molecular formula is C11H15BrN4O.